The molecule has 0 bridgehead atoms. The van der Waals surface area contributed by atoms with Gasteiger partial charge in [0.05, 0.1) is 0 Å². The highest BCUT2D eigenvalue weighted by molar-refractivity contribution is 6.30. The van der Waals surface area contributed by atoms with E-state index in [1.54, 1.807) is 6.07 Å². The standard InChI is InChI=1S/C27H33ClF3N5O3/c28-17-6-7-18(19(12-17)16-4-2-1-3-5-16)23(27(29,30)31)39-22-13-21(34-25(32)35-22)36-10-8-26(9-11-36)14-20(24(37)38)33-15-26/h6-7,12-13,16,20,23,33H,1-5,8-11,14-15H2,(H,37,38)(H2,32,34,35)/t20-,23+/m0/s1. The first-order chi connectivity index (χ1) is 18.5. The predicted octanol–water partition coefficient (Wildman–Crippen LogP) is 5.48. The first-order valence-corrected chi connectivity index (χ1v) is 13.8. The van der Waals surface area contributed by atoms with Crippen molar-refractivity contribution < 1.29 is 27.8 Å². The molecule has 4 N–H and O–H groups in total. The van der Waals surface area contributed by atoms with Gasteiger partial charge in [-0.05, 0) is 61.1 Å². The molecule has 2 aromatic rings. The molecular formula is C27H33ClF3N5O3. The van der Waals surface area contributed by atoms with Gasteiger partial charge < -0.3 is 25.8 Å². The summed E-state index contributed by atoms with van der Waals surface area (Å²) in [5.74, 6) is -0.916. The van der Waals surface area contributed by atoms with Crippen LogP contribution < -0.4 is 20.7 Å². The van der Waals surface area contributed by atoms with Gasteiger partial charge in [-0.15, -0.1) is 0 Å². The van der Waals surface area contributed by atoms with Gasteiger partial charge in [-0.1, -0.05) is 36.9 Å². The van der Waals surface area contributed by atoms with E-state index in [0.717, 1.165) is 44.9 Å². The van der Waals surface area contributed by atoms with E-state index in [1.165, 1.54) is 18.2 Å². The van der Waals surface area contributed by atoms with Crippen LogP contribution in [0.1, 0.15) is 74.5 Å². The molecule has 1 aliphatic carbocycles. The van der Waals surface area contributed by atoms with Crippen molar-refractivity contribution in [2.24, 2.45) is 5.41 Å². The molecule has 1 spiro atoms. The summed E-state index contributed by atoms with van der Waals surface area (Å²) in [5, 5.41) is 12.8. The number of anilines is 2. The van der Waals surface area contributed by atoms with Crippen LogP contribution in [0.2, 0.25) is 5.02 Å². The molecule has 3 fully saturated rings. The molecule has 5 rings (SSSR count). The largest absolute Gasteiger partial charge is 0.480 e. The molecule has 2 atom stereocenters. The highest BCUT2D eigenvalue weighted by Gasteiger charge is 2.46. The van der Waals surface area contributed by atoms with E-state index in [-0.39, 0.29) is 28.7 Å². The molecule has 39 heavy (non-hydrogen) atoms. The number of carbonyl (C=O) groups is 1. The van der Waals surface area contributed by atoms with Gasteiger partial charge in [0, 0.05) is 36.3 Å². The number of piperidine rings is 1. The number of aromatic nitrogens is 2. The normalized spacial score (nSPS) is 22.7. The minimum Gasteiger partial charge on any atom is -0.480 e. The number of carboxylic acid groups (broad SMARTS) is 1. The summed E-state index contributed by atoms with van der Waals surface area (Å²) in [4.78, 5) is 21.6. The number of benzene rings is 1. The lowest BCUT2D eigenvalue weighted by molar-refractivity contribution is -0.199. The lowest BCUT2D eigenvalue weighted by atomic mass is 9.76. The van der Waals surface area contributed by atoms with Crippen molar-refractivity contribution in [3.63, 3.8) is 0 Å². The van der Waals surface area contributed by atoms with Crippen LogP contribution in [0.5, 0.6) is 5.88 Å². The Hall–Kier alpha value is -2.79. The van der Waals surface area contributed by atoms with Crippen molar-refractivity contribution in [1.29, 1.82) is 0 Å². The third-order valence-electron chi connectivity index (χ3n) is 8.43. The molecule has 212 valence electrons. The SMILES string of the molecule is Nc1nc(O[C@H](c2ccc(Cl)cc2C2CCCCC2)C(F)(F)F)cc(N2CCC3(CC2)CN[C@H](C(=O)O)C3)n1. The van der Waals surface area contributed by atoms with Crippen LogP contribution in [-0.4, -0.2) is 52.9 Å². The molecule has 1 aromatic heterocycles. The summed E-state index contributed by atoms with van der Waals surface area (Å²) in [6.07, 6.45) is -0.329. The monoisotopic (exact) mass is 567 g/mol. The van der Waals surface area contributed by atoms with Crippen LogP contribution in [0.4, 0.5) is 24.9 Å². The molecule has 1 aromatic carbocycles. The number of nitrogens with two attached hydrogens (primary N) is 1. The molecule has 2 saturated heterocycles. The van der Waals surface area contributed by atoms with Crippen LogP contribution in [-0.2, 0) is 4.79 Å². The number of halogens is 4. The van der Waals surface area contributed by atoms with E-state index >= 15 is 0 Å². The zero-order valence-corrected chi connectivity index (χ0v) is 22.3. The topological polar surface area (TPSA) is 114 Å². The van der Waals surface area contributed by atoms with E-state index in [4.69, 9.17) is 22.1 Å². The quantitative estimate of drug-likeness (QED) is 0.421. The zero-order chi connectivity index (χ0) is 27.8. The van der Waals surface area contributed by atoms with E-state index in [0.29, 0.717) is 42.5 Å². The van der Waals surface area contributed by atoms with Crippen LogP contribution in [0, 0.1) is 5.41 Å². The maximum absolute atomic E-state index is 14.5. The third kappa shape index (κ3) is 6.19. The van der Waals surface area contributed by atoms with E-state index in [9.17, 15) is 23.1 Å². The lowest BCUT2D eigenvalue weighted by Gasteiger charge is -2.39. The molecule has 12 heteroatoms. The van der Waals surface area contributed by atoms with Gasteiger partial charge in [-0.3, -0.25) is 4.79 Å². The summed E-state index contributed by atoms with van der Waals surface area (Å²) >= 11 is 6.21. The smallest absolute Gasteiger partial charge is 0.429 e. The maximum atomic E-state index is 14.5. The fraction of sp³-hybridized carbons (Fsp3) is 0.593. The number of hydrogen-bond donors (Lipinski definition) is 3. The van der Waals surface area contributed by atoms with Crippen LogP contribution in [0.3, 0.4) is 0 Å². The molecule has 3 aliphatic rings. The number of nitrogens with one attached hydrogen (secondary N) is 1. The molecular weight excluding hydrogens is 535 g/mol. The Morgan fingerprint density at radius 3 is 2.54 bits per heavy atom. The summed E-state index contributed by atoms with van der Waals surface area (Å²) < 4.78 is 49.0. The maximum Gasteiger partial charge on any atom is 0.429 e. The van der Waals surface area contributed by atoms with Gasteiger partial charge in [-0.2, -0.15) is 23.1 Å². The number of carboxylic acids is 1. The zero-order valence-electron chi connectivity index (χ0n) is 21.5. The Balaban J connectivity index is 1.37. The minimum absolute atomic E-state index is 0.0154. The Morgan fingerprint density at radius 2 is 1.90 bits per heavy atom. The Labute approximate surface area is 230 Å². The van der Waals surface area contributed by atoms with Crippen LogP contribution in [0.25, 0.3) is 0 Å². The predicted molar refractivity (Wildman–Crippen MR) is 141 cm³/mol. The Bertz CT molecular complexity index is 1200. The summed E-state index contributed by atoms with van der Waals surface area (Å²) in [7, 11) is 0. The number of aliphatic carboxylic acids is 1. The first kappa shape index (κ1) is 27.8. The second-order valence-corrected chi connectivity index (χ2v) is 11.5. The lowest BCUT2D eigenvalue weighted by Crippen LogP contribution is -2.41. The number of hydrogen-bond acceptors (Lipinski definition) is 7. The summed E-state index contributed by atoms with van der Waals surface area (Å²) in [6, 6.07) is 5.33. The third-order valence-corrected chi connectivity index (χ3v) is 8.66. The second kappa shape index (κ2) is 11.0. The highest BCUT2D eigenvalue weighted by Crippen LogP contribution is 2.44. The fourth-order valence-electron chi connectivity index (χ4n) is 6.31. The van der Waals surface area contributed by atoms with Gasteiger partial charge >= 0.3 is 12.1 Å². The van der Waals surface area contributed by atoms with Crippen molar-refractivity contribution in [1.82, 2.24) is 15.3 Å². The van der Waals surface area contributed by atoms with Crippen molar-refractivity contribution in [2.45, 2.75) is 75.6 Å². The average Bonchev–Trinajstić information content (AvgIpc) is 3.31. The molecule has 0 radical (unpaired) electrons. The second-order valence-electron chi connectivity index (χ2n) is 11.0. The molecule has 8 nitrogen and oxygen atoms in total. The number of rotatable bonds is 6. The first-order valence-electron chi connectivity index (χ1n) is 13.4. The molecule has 0 amide bonds. The fourth-order valence-corrected chi connectivity index (χ4v) is 6.49. The molecule has 1 saturated carbocycles. The minimum atomic E-state index is -4.70. The van der Waals surface area contributed by atoms with Crippen LogP contribution in [0.15, 0.2) is 24.3 Å². The van der Waals surface area contributed by atoms with E-state index < -0.39 is 24.3 Å². The number of nitrogens with zero attached hydrogens (tertiary/aromatic N) is 3. The van der Waals surface area contributed by atoms with Gasteiger partial charge in [0.1, 0.15) is 11.9 Å². The number of ether oxygens (including phenoxy) is 1. The van der Waals surface area contributed by atoms with E-state index in [2.05, 4.69) is 15.3 Å². The van der Waals surface area contributed by atoms with Crippen molar-refractivity contribution >= 4 is 29.3 Å². The van der Waals surface area contributed by atoms with Gasteiger partial charge in [0.2, 0.25) is 17.9 Å². The Kier molecular flexibility index (Phi) is 7.83. The van der Waals surface area contributed by atoms with Crippen LogP contribution >= 0.6 is 11.6 Å². The van der Waals surface area contributed by atoms with Crippen molar-refractivity contribution in [3.8, 4) is 5.88 Å². The van der Waals surface area contributed by atoms with Crippen molar-refractivity contribution in [3.05, 3.63) is 40.4 Å². The van der Waals surface area contributed by atoms with Gasteiger partial charge in [-0.25, -0.2) is 0 Å². The molecule has 0 unspecified atom stereocenters. The molecule has 3 heterocycles. The van der Waals surface area contributed by atoms with Crippen molar-refractivity contribution in [2.75, 3.05) is 30.3 Å². The number of alkyl halides is 3. The average molecular weight is 568 g/mol. The Morgan fingerprint density at radius 1 is 1.18 bits per heavy atom. The molecule has 2 aliphatic heterocycles. The summed E-state index contributed by atoms with van der Waals surface area (Å²) in [6.45, 7) is 1.75. The number of nitrogen functional groups attached to an aromatic ring is 1. The van der Waals surface area contributed by atoms with Gasteiger partial charge in [0.15, 0.2) is 0 Å². The van der Waals surface area contributed by atoms with Gasteiger partial charge in [0.25, 0.3) is 0 Å². The van der Waals surface area contributed by atoms with E-state index in [1.807, 2.05) is 4.90 Å². The summed E-state index contributed by atoms with van der Waals surface area (Å²) in [5.41, 5.74) is 6.41. The highest BCUT2D eigenvalue weighted by atomic mass is 35.5.